The van der Waals surface area contributed by atoms with E-state index < -0.39 is 0 Å². The Morgan fingerprint density at radius 2 is 1.76 bits per heavy atom. The molecule has 3 aromatic carbocycles. The van der Waals surface area contributed by atoms with Crippen LogP contribution in [0.15, 0.2) is 71.4 Å². The number of halogens is 1. The van der Waals surface area contributed by atoms with Gasteiger partial charge < -0.3 is 19.2 Å². The van der Waals surface area contributed by atoms with E-state index in [9.17, 15) is 4.79 Å². The smallest absolute Gasteiger partial charge is 0.248 e. The van der Waals surface area contributed by atoms with Gasteiger partial charge in [0.1, 0.15) is 17.1 Å². The molecule has 1 heterocycles. The molecule has 5 nitrogen and oxygen atoms in total. The molecule has 6 heteroatoms. The minimum absolute atomic E-state index is 0.280. The van der Waals surface area contributed by atoms with Crippen molar-refractivity contribution >= 4 is 39.7 Å². The van der Waals surface area contributed by atoms with Crippen molar-refractivity contribution in [2.45, 2.75) is 13.8 Å². The van der Waals surface area contributed by atoms with Crippen LogP contribution in [0.3, 0.4) is 0 Å². The van der Waals surface area contributed by atoms with Crippen molar-refractivity contribution in [3.63, 3.8) is 0 Å². The molecule has 4 aromatic rings. The number of carbonyl (C=O) groups excluding carboxylic acids is 1. The Kier molecular flexibility index (Phi) is 6.43. The van der Waals surface area contributed by atoms with Gasteiger partial charge in [-0.05, 0) is 43.7 Å². The number of para-hydroxylation sites is 2. The van der Waals surface area contributed by atoms with Gasteiger partial charge in [0.2, 0.25) is 5.91 Å². The van der Waals surface area contributed by atoms with Crippen molar-refractivity contribution in [1.82, 2.24) is 0 Å². The number of rotatable bonds is 6. The molecule has 0 spiro atoms. The van der Waals surface area contributed by atoms with E-state index in [1.807, 2.05) is 56.3 Å². The van der Waals surface area contributed by atoms with Gasteiger partial charge in [-0.15, -0.1) is 0 Å². The Bertz CT molecular complexity index is 1370. The maximum absolute atomic E-state index is 12.7. The monoisotopic (exact) mass is 461 g/mol. The van der Waals surface area contributed by atoms with Crippen molar-refractivity contribution in [2.24, 2.45) is 0 Å². The summed E-state index contributed by atoms with van der Waals surface area (Å²) < 4.78 is 17.2. The number of anilines is 1. The minimum Gasteiger partial charge on any atom is -0.496 e. The second-order valence-electron chi connectivity index (χ2n) is 7.61. The Balaban J connectivity index is 1.80. The van der Waals surface area contributed by atoms with Crippen molar-refractivity contribution in [2.75, 3.05) is 19.5 Å². The van der Waals surface area contributed by atoms with Crippen molar-refractivity contribution in [3.05, 3.63) is 83.1 Å². The topological polar surface area (TPSA) is 60.7 Å². The van der Waals surface area contributed by atoms with Crippen LogP contribution in [-0.4, -0.2) is 20.1 Å². The zero-order chi connectivity index (χ0) is 23.5. The fraction of sp³-hybridized carbons (Fsp3) is 0.148. The van der Waals surface area contributed by atoms with Crippen molar-refractivity contribution < 1.29 is 18.7 Å². The molecule has 0 saturated heterocycles. The van der Waals surface area contributed by atoms with E-state index in [1.54, 1.807) is 32.6 Å². The Morgan fingerprint density at radius 1 is 1.03 bits per heavy atom. The van der Waals surface area contributed by atoms with Crippen LogP contribution >= 0.6 is 11.6 Å². The Labute approximate surface area is 197 Å². The molecule has 0 aliphatic carbocycles. The van der Waals surface area contributed by atoms with Crippen LogP contribution in [0.1, 0.15) is 18.1 Å². The molecule has 0 atom stereocenters. The van der Waals surface area contributed by atoms with E-state index in [2.05, 4.69) is 5.32 Å². The first kappa shape index (κ1) is 22.5. The van der Waals surface area contributed by atoms with Gasteiger partial charge in [0, 0.05) is 33.7 Å². The summed E-state index contributed by atoms with van der Waals surface area (Å²) in [5.41, 5.74) is 5.51. The maximum Gasteiger partial charge on any atom is 0.248 e. The number of aryl methyl sites for hydroxylation is 1. The summed E-state index contributed by atoms with van der Waals surface area (Å²) in [4.78, 5) is 12.7. The summed E-state index contributed by atoms with van der Waals surface area (Å²) >= 11 is 6.17. The predicted molar refractivity (Wildman–Crippen MR) is 133 cm³/mol. The molecule has 33 heavy (non-hydrogen) atoms. The lowest BCUT2D eigenvalue weighted by molar-refractivity contribution is -0.111. The molecule has 0 radical (unpaired) electrons. The highest BCUT2D eigenvalue weighted by Gasteiger charge is 2.20. The highest BCUT2D eigenvalue weighted by molar-refractivity contribution is 6.33. The number of furan rings is 1. The van der Waals surface area contributed by atoms with E-state index in [0.29, 0.717) is 16.5 Å². The number of amides is 1. The number of hydrogen-bond donors (Lipinski definition) is 1. The van der Waals surface area contributed by atoms with Crippen LogP contribution in [-0.2, 0) is 4.79 Å². The van der Waals surface area contributed by atoms with Gasteiger partial charge in [-0.2, -0.15) is 0 Å². The van der Waals surface area contributed by atoms with Crippen LogP contribution in [0, 0.1) is 6.92 Å². The molecule has 0 aliphatic heterocycles. The third-order valence-corrected chi connectivity index (χ3v) is 5.88. The lowest BCUT2D eigenvalue weighted by Gasteiger charge is -2.14. The van der Waals surface area contributed by atoms with Gasteiger partial charge in [-0.25, -0.2) is 0 Å². The summed E-state index contributed by atoms with van der Waals surface area (Å²) in [7, 11) is 3.25. The van der Waals surface area contributed by atoms with Crippen LogP contribution in [0.5, 0.6) is 11.5 Å². The molecule has 1 N–H and O–H groups in total. The number of ether oxygens (including phenoxy) is 2. The van der Waals surface area contributed by atoms with E-state index in [4.69, 9.17) is 25.5 Å². The zero-order valence-electron chi connectivity index (χ0n) is 18.9. The molecule has 0 saturated carbocycles. The molecular weight excluding hydrogens is 438 g/mol. The Hall–Kier alpha value is -3.70. The van der Waals surface area contributed by atoms with Crippen LogP contribution in [0.2, 0.25) is 5.02 Å². The maximum atomic E-state index is 12.7. The third kappa shape index (κ3) is 4.32. The van der Waals surface area contributed by atoms with Gasteiger partial charge >= 0.3 is 0 Å². The van der Waals surface area contributed by atoms with E-state index in [1.165, 1.54) is 6.08 Å². The largest absolute Gasteiger partial charge is 0.496 e. The SMILES string of the molecule is COc1ccccc1-c1coc2c(C)c(OC)c(/C(C)=C/C(=O)Nc3ccccc3Cl)cc12. The molecule has 0 aliphatic rings. The fourth-order valence-electron chi connectivity index (χ4n) is 3.95. The van der Waals surface area contributed by atoms with E-state index in [0.717, 1.165) is 44.5 Å². The van der Waals surface area contributed by atoms with Gasteiger partial charge in [0.05, 0.1) is 31.2 Å². The molecule has 1 aromatic heterocycles. The number of nitrogens with one attached hydrogen (secondary N) is 1. The quantitative estimate of drug-likeness (QED) is 0.310. The molecule has 0 bridgehead atoms. The number of fused-ring (bicyclic) bond motifs is 1. The summed E-state index contributed by atoms with van der Waals surface area (Å²) in [6, 6.07) is 16.9. The van der Waals surface area contributed by atoms with Gasteiger partial charge in [-0.1, -0.05) is 41.9 Å². The fourth-order valence-corrected chi connectivity index (χ4v) is 4.14. The van der Waals surface area contributed by atoms with Crippen LogP contribution in [0.4, 0.5) is 5.69 Å². The molecule has 0 unspecified atom stereocenters. The summed E-state index contributed by atoms with van der Waals surface area (Å²) in [5.74, 6) is 1.13. The highest BCUT2D eigenvalue weighted by atomic mass is 35.5. The number of methoxy groups -OCH3 is 2. The molecular formula is C27H24ClNO4. The lowest BCUT2D eigenvalue weighted by atomic mass is 9.96. The Morgan fingerprint density at radius 3 is 2.48 bits per heavy atom. The number of benzene rings is 3. The third-order valence-electron chi connectivity index (χ3n) is 5.55. The average molecular weight is 462 g/mol. The molecule has 0 fully saturated rings. The first-order valence-electron chi connectivity index (χ1n) is 10.4. The first-order valence-corrected chi connectivity index (χ1v) is 10.8. The standard InChI is InChI=1S/C27H24ClNO4/c1-16(13-25(30)29-23-11-7-6-10-22(23)28)19-14-20-21(18-9-5-8-12-24(18)31-3)15-33-27(20)17(2)26(19)32-4/h5-15H,1-4H3,(H,29,30)/b16-13+. The summed E-state index contributed by atoms with van der Waals surface area (Å²) in [6.07, 6.45) is 3.26. The lowest BCUT2D eigenvalue weighted by Crippen LogP contribution is -2.09. The molecule has 1 amide bonds. The second kappa shape index (κ2) is 9.43. The summed E-state index contributed by atoms with van der Waals surface area (Å²) in [5, 5.41) is 4.21. The summed E-state index contributed by atoms with van der Waals surface area (Å²) in [6.45, 7) is 3.81. The van der Waals surface area contributed by atoms with E-state index in [-0.39, 0.29) is 5.91 Å². The van der Waals surface area contributed by atoms with E-state index >= 15 is 0 Å². The number of carbonyl (C=O) groups is 1. The van der Waals surface area contributed by atoms with Gasteiger partial charge in [0.25, 0.3) is 0 Å². The van der Waals surface area contributed by atoms with Gasteiger partial charge in [0.15, 0.2) is 0 Å². The number of allylic oxidation sites excluding steroid dienone is 1. The molecule has 4 rings (SSSR count). The zero-order valence-corrected chi connectivity index (χ0v) is 19.6. The highest BCUT2D eigenvalue weighted by Crippen LogP contribution is 2.42. The second-order valence-corrected chi connectivity index (χ2v) is 8.01. The minimum atomic E-state index is -0.280. The van der Waals surface area contributed by atoms with Crippen molar-refractivity contribution in [1.29, 1.82) is 0 Å². The van der Waals surface area contributed by atoms with Gasteiger partial charge in [-0.3, -0.25) is 4.79 Å². The van der Waals surface area contributed by atoms with Crippen LogP contribution < -0.4 is 14.8 Å². The van der Waals surface area contributed by atoms with Crippen molar-refractivity contribution in [3.8, 4) is 22.6 Å². The molecule has 168 valence electrons. The number of hydrogen-bond acceptors (Lipinski definition) is 4. The normalized spacial score (nSPS) is 11.5. The van der Waals surface area contributed by atoms with Crippen LogP contribution in [0.25, 0.3) is 27.7 Å². The predicted octanol–water partition coefficient (Wildman–Crippen LogP) is 7.12. The average Bonchev–Trinajstić information content (AvgIpc) is 3.24. The first-order chi connectivity index (χ1) is 15.9.